The molecule has 23 heavy (non-hydrogen) atoms. The second-order valence-corrected chi connectivity index (χ2v) is 7.00. The van der Waals surface area contributed by atoms with Gasteiger partial charge in [-0.05, 0) is 17.7 Å². The van der Waals surface area contributed by atoms with Gasteiger partial charge in [-0.2, -0.15) is 9.78 Å². The van der Waals surface area contributed by atoms with Crippen molar-refractivity contribution in [2.75, 3.05) is 5.75 Å². The average molecular weight is 338 g/mol. The quantitative estimate of drug-likeness (QED) is 0.676. The molecule has 0 saturated heterocycles. The number of aromatic nitrogens is 3. The predicted octanol–water partition coefficient (Wildman–Crippen LogP) is 3.93. The molecule has 0 atom stereocenters. The van der Waals surface area contributed by atoms with Gasteiger partial charge >= 0.3 is 0 Å². The third kappa shape index (κ3) is 3.18. The Morgan fingerprint density at radius 3 is 2.48 bits per heavy atom. The first-order chi connectivity index (χ1) is 11.4. The van der Waals surface area contributed by atoms with Crippen molar-refractivity contribution >= 4 is 29.2 Å². The highest BCUT2D eigenvalue weighted by Gasteiger charge is 2.19. The minimum Gasteiger partial charge on any atom is -0.190 e. The van der Waals surface area contributed by atoms with Crippen molar-refractivity contribution < 1.29 is 0 Å². The third-order valence-corrected chi connectivity index (χ3v) is 5.39. The second kappa shape index (κ2) is 6.60. The van der Waals surface area contributed by atoms with Gasteiger partial charge in [0.15, 0.2) is 5.82 Å². The van der Waals surface area contributed by atoms with E-state index in [-0.39, 0.29) is 0 Å². The van der Waals surface area contributed by atoms with E-state index in [9.17, 15) is 0 Å². The molecule has 0 amide bonds. The summed E-state index contributed by atoms with van der Waals surface area (Å²) in [5, 5.41) is 14.2. The van der Waals surface area contributed by atoms with Gasteiger partial charge in [-0.25, -0.2) is 0 Å². The first-order valence-electron chi connectivity index (χ1n) is 7.28. The zero-order chi connectivity index (χ0) is 15.5. The number of rotatable bonds is 4. The molecule has 4 rings (SSSR count). The normalized spacial score (nSPS) is 13.5. The standard InChI is InChI=1S/C17H14N4S2/c1-3-7-13(8-4-1)15-11-23-17-19-18-16(21(17)20-15)12-22-14-9-5-2-6-10-14/h1-10H,11-12H2. The van der Waals surface area contributed by atoms with Crippen LogP contribution in [0.15, 0.2) is 75.8 Å². The summed E-state index contributed by atoms with van der Waals surface area (Å²) < 4.78 is 1.88. The Labute approximate surface area is 143 Å². The lowest BCUT2D eigenvalue weighted by molar-refractivity contribution is 0.731. The summed E-state index contributed by atoms with van der Waals surface area (Å²) in [7, 11) is 0. The van der Waals surface area contributed by atoms with E-state index in [1.807, 2.05) is 41.1 Å². The Morgan fingerprint density at radius 2 is 1.70 bits per heavy atom. The third-order valence-electron chi connectivity index (χ3n) is 3.45. The molecule has 0 radical (unpaired) electrons. The Kier molecular flexibility index (Phi) is 4.17. The Hall–Kier alpha value is -2.05. The van der Waals surface area contributed by atoms with Crippen LogP contribution in [0.2, 0.25) is 0 Å². The van der Waals surface area contributed by atoms with E-state index in [2.05, 4.69) is 34.5 Å². The van der Waals surface area contributed by atoms with Crippen molar-refractivity contribution in [3.8, 4) is 0 Å². The molecule has 1 aromatic heterocycles. The fourth-order valence-corrected chi connectivity index (χ4v) is 3.98. The maximum absolute atomic E-state index is 4.76. The van der Waals surface area contributed by atoms with E-state index in [1.54, 1.807) is 23.5 Å². The maximum Gasteiger partial charge on any atom is 0.212 e. The van der Waals surface area contributed by atoms with Gasteiger partial charge in [-0.1, -0.05) is 60.3 Å². The molecule has 1 aliphatic rings. The molecule has 6 heteroatoms. The number of thioether (sulfide) groups is 2. The van der Waals surface area contributed by atoms with Gasteiger partial charge in [-0.15, -0.1) is 22.0 Å². The fraction of sp³-hybridized carbons (Fsp3) is 0.118. The smallest absolute Gasteiger partial charge is 0.190 e. The molecule has 0 fully saturated rings. The van der Waals surface area contributed by atoms with E-state index in [1.165, 1.54) is 4.90 Å². The lowest BCUT2D eigenvalue weighted by atomic mass is 10.1. The van der Waals surface area contributed by atoms with E-state index in [0.29, 0.717) is 0 Å². The Morgan fingerprint density at radius 1 is 0.957 bits per heavy atom. The van der Waals surface area contributed by atoms with Gasteiger partial charge in [0.1, 0.15) is 0 Å². The molecule has 0 saturated carbocycles. The molecule has 0 unspecified atom stereocenters. The number of nitrogens with zero attached hydrogens (tertiary/aromatic N) is 4. The molecule has 114 valence electrons. The first kappa shape index (κ1) is 14.5. The van der Waals surface area contributed by atoms with Crippen molar-refractivity contribution in [3.05, 3.63) is 72.1 Å². The molecular weight excluding hydrogens is 324 g/mol. The van der Waals surface area contributed by atoms with E-state index in [4.69, 9.17) is 5.10 Å². The molecule has 1 aliphatic heterocycles. The molecule has 2 aromatic carbocycles. The van der Waals surface area contributed by atoms with Crippen LogP contribution in [-0.2, 0) is 5.75 Å². The highest BCUT2D eigenvalue weighted by molar-refractivity contribution is 8.00. The van der Waals surface area contributed by atoms with Gasteiger partial charge in [0.05, 0.1) is 11.5 Å². The van der Waals surface area contributed by atoms with Crippen LogP contribution in [0, 0.1) is 0 Å². The summed E-state index contributed by atoms with van der Waals surface area (Å²) in [6.07, 6.45) is 0. The number of fused-ring (bicyclic) bond motifs is 1. The minimum atomic E-state index is 0.753. The van der Waals surface area contributed by atoms with Crippen LogP contribution in [0.3, 0.4) is 0 Å². The van der Waals surface area contributed by atoms with Crippen molar-refractivity contribution in [1.82, 2.24) is 14.9 Å². The summed E-state index contributed by atoms with van der Waals surface area (Å²) in [4.78, 5) is 1.22. The number of benzene rings is 2. The summed E-state index contributed by atoms with van der Waals surface area (Å²) in [5.41, 5.74) is 2.22. The van der Waals surface area contributed by atoms with Crippen molar-refractivity contribution in [2.45, 2.75) is 15.8 Å². The van der Waals surface area contributed by atoms with Crippen LogP contribution in [0.5, 0.6) is 0 Å². The van der Waals surface area contributed by atoms with Crippen molar-refractivity contribution in [3.63, 3.8) is 0 Å². The second-order valence-electron chi connectivity index (χ2n) is 5.01. The topological polar surface area (TPSA) is 43.1 Å². The monoisotopic (exact) mass is 338 g/mol. The SMILES string of the molecule is c1ccc(SCc2nnc3n2N=C(c2ccccc2)CS3)cc1. The summed E-state index contributed by atoms with van der Waals surface area (Å²) in [5.74, 6) is 2.46. The molecule has 0 spiro atoms. The molecule has 0 bridgehead atoms. The zero-order valence-corrected chi connectivity index (χ0v) is 13.9. The lowest BCUT2D eigenvalue weighted by Crippen LogP contribution is -2.14. The van der Waals surface area contributed by atoms with Gasteiger partial charge < -0.3 is 0 Å². The summed E-state index contributed by atoms with van der Waals surface area (Å²) >= 11 is 3.43. The van der Waals surface area contributed by atoms with Crippen LogP contribution in [0.25, 0.3) is 0 Å². The molecule has 4 nitrogen and oxygen atoms in total. The van der Waals surface area contributed by atoms with Crippen LogP contribution in [0.1, 0.15) is 11.4 Å². The fourth-order valence-electron chi connectivity index (χ4n) is 2.29. The Bertz CT molecular complexity index is 828. The van der Waals surface area contributed by atoms with Crippen LogP contribution in [0.4, 0.5) is 0 Å². The van der Waals surface area contributed by atoms with Gasteiger partial charge in [-0.3, -0.25) is 0 Å². The van der Waals surface area contributed by atoms with E-state index >= 15 is 0 Å². The molecular formula is C17H14N4S2. The zero-order valence-electron chi connectivity index (χ0n) is 12.3. The molecule has 0 aliphatic carbocycles. The average Bonchev–Trinajstić information content (AvgIpc) is 3.04. The van der Waals surface area contributed by atoms with Crippen molar-refractivity contribution in [1.29, 1.82) is 0 Å². The summed E-state index contributed by atoms with van der Waals surface area (Å²) in [6.45, 7) is 0. The maximum atomic E-state index is 4.76. The van der Waals surface area contributed by atoms with E-state index < -0.39 is 0 Å². The molecule has 2 heterocycles. The van der Waals surface area contributed by atoms with Crippen LogP contribution in [-0.4, -0.2) is 26.3 Å². The lowest BCUT2D eigenvalue weighted by Gasteiger charge is -2.13. The van der Waals surface area contributed by atoms with Gasteiger partial charge in [0.25, 0.3) is 0 Å². The number of hydrogen-bond donors (Lipinski definition) is 0. The van der Waals surface area contributed by atoms with Gasteiger partial charge in [0, 0.05) is 10.6 Å². The molecule has 0 N–H and O–H groups in total. The minimum absolute atomic E-state index is 0.753. The highest BCUT2D eigenvalue weighted by atomic mass is 32.2. The van der Waals surface area contributed by atoms with Gasteiger partial charge in [0.2, 0.25) is 5.16 Å². The largest absolute Gasteiger partial charge is 0.212 e. The molecule has 3 aromatic rings. The summed E-state index contributed by atoms with van der Waals surface area (Å²) in [6, 6.07) is 20.6. The number of hydrogen-bond acceptors (Lipinski definition) is 5. The van der Waals surface area contributed by atoms with E-state index in [0.717, 1.165) is 33.8 Å². The van der Waals surface area contributed by atoms with Crippen LogP contribution >= 0.6 is 23.5 Å². The Balaban J connectivity index is 1.59. The predicted molar refractivity (Wildman–Crippen MR) is 95.1 cm³/mol. The van der Waals surface area contributed by atoms with Crippen molar-refractivity contribution in [2.24, 2.45) is 5.10 Å². The first-order valence-corrected chi connectivity index (χ1v) is 9.25. The highest BCUT2D eigenvalue weighted by Crippen LogP contribution is 2.27. The van der Waals surface area contributed by atoms with Crippen LogP contribution < -0.4 is 0 Å².